The van der Waals surface area contributed by atoms with Gasteiger partial charge in [0, 0.05) is 28.1 Å². The van der Waals surface area contributed by atoms with E-state index in [1.807, 2.05) is 6.92 Å². The van der Waals surface area contributed by atoms with E-state index in [2.05, 4.69) is 15.8 Å². The van der Waals surface area contributed by atoms with Crippen LogP contribution in [0.5, 0.6) is 0 Å². The van der Waals surface area contributed by atoms with Crippen LogP contribution >= 0.6 is 23.2 Å². The average Bonchev–Trinajstić information content (AvgIpc) is 2.62. The number of carbonyl (C=O) groups excluding carboxylic acids is 2. The molecule has 0 spiro atoms. The van der Waals surface area contributed by atoms with Crippen molar-refractivity contribution in [2.75, 3.05) is 5.32 Å². The van der Waals surface area contributed by atoms with Crippen LogP contribution in [0, 0.1) is 17.0 Å². The van der Waals surface area contributed by atoms with E-state index in [9.17, 15) is 19.7 Å². The molecule has 0 radical (unpaired) electrons. The van der Waals surface area contributed by atoms with Crippen LogP contribution < -0.4 is 10.7 Å². The standard InChI is InChI=1S/C18H16Cl2N4O4/c1-10-3-5-13(19)9-15(10)21-17(25)7-11(2)22-23-18(26)12-4-6-16(24(27)28)14(20)8-12/h3-6,8-9H,7H2,1-2H3,(H,21,25)(H,23,26)/b22-11+. The van der Waals surface area contributed by atoms with E-state index >= 15 is 0 Å². The number of nitrogens with one attached hydrogen (secondary N) is 2. The molecule has 2 rings (SSSR count). The fraction of sp³-hybridized carbons (Fsp3) is 0.167. The number of amides is 2. The highest BCUT2D eigenvalue weighted by Gasteiger charge is 2.15. The molecule has 0 aliphatic rings. The molecule has 0 unspecified atom stereocenters. The highest BCUT2D eigenvalue weighted by atomic mass is 35.5. The smallest absolute Gasteiger partial charge is 0.287 e. The third-order valence-corrected chi connectivity index (χ3v) is 4.18. The number of aryl methyl sites for hydroxylation is 1. The van der Waals surface area contributed by atoms with E-state index in [0.717, 1.165) is 11.6 Å². The number of hydrogen-bond acceptors (Lipinski definition) is 5. The molecule has 0 aromatic heterocycles. The van der Waals surface area contributed by atoms with E-state index in [0.29, 0.717) is 16.4 Å². The predicted octanol–water partition coefficient (Wildman–Crippen LogP) is 4.34. The Morgan fingerprint density at radius 1 is 1.18 bits per heavy atom. The Morgan fingerprint density at radius 3 is 2.54 bits per heavy atom. The van der Waals surface area contributed by atoms with Crippen LogP contribution in [0.1, 0.15) is 29.3 Å². The quantitative estimate of drug-likeness (QED) is 0.409. The lowest BCUT2D eigenvalue weighted by molar-refractivity contribution is -0.384. The minimum atomic E-state index is -0.646. The number of nitro groups is 1. The van der Waals surface area contributed by atoms with Gasteiger partial charge < -0.3 is 5.32 Å². The Balaban J connectivity index is 1.97. The Kier molecular flexibility index (Phi) is 7.08. The average molecular weight is 423 g/mol. The molecule has 0 saturated carbocycles. The highest BCUT2D eigenvalue weighted by Crippen LogP contribution is 2.25. The Labute approximate surface area is 170 Å². The number of carbonyl (C=O) groups is 2. The molecule has 8 nitrogen and oxygen atoms in total. The number of halogens is 2. The molecule has 2 amide bonds. The first-order valence-corrected chi connectivity index (χ1v) is 8.76. The molecule has 0 aliphatic heterocycles. The van der Waals surface area contributed by atoms with Crippen molar-refractivity contribution in [1.82, 2.24) is 5.43 Å². The second kappa shape index (κ2) is 9.29. The SMILES string of the molecule is C/C(CC(=O)Nc1cc(Cl)ccc1C)=N\NC(=O)c1ccc([N+](=O)[O-])c(Cl)c1. The number of nitrogens with zero attached hydrogens (tertiary/aromatic N) is 2. The third kappa shape index (κ3) is 5.77. The minimum absolute atomic E-state index is 0.0484. The predicted molar refractivity (Wildman–Crippen MR) is 108 cm³/mol. The molecular weight excluding hydrogens is 407 g/mol. The molecule has 0 atom stereocenters. The number of nitro benzene ring substituents is 1. The summed E-state index contributed by atoms with van der Waals surface area (Å²) in [5, 5.41) is 17.7. The minimum Gasteiger partial charge on any atom is -0.325 e. The lowest BCUT2D eigenvalue weighted by atomic mass is 10.2. The van der Waals surface area contributed by atoms with Gasteiger partial charge in [-0.15, -0.1) is 0 Å². The lowest BCUT2D eigenvalue weighted by Gasteiger charge is -2.09. The van der Waals surface area contributed by atoms with Crippen molar-refractivity contribution in [2.24, 2.45) is 5.10 Å². The molecule has 0 bridgehead atoms. The van der Waals surface area contributed by atoms with Crippen molar-refractivity contribution < 1.29 is 14.5 Å². The van der Waals surface area contributed by atoms with Crippen molar-refractivity contribution >= 4 is 52.1 Å². The van der Waals surface area contributed by atoms with Crippen molar-refractivity contribution in [3.05, 3.63) is 67.7 Å². The number of anilines is 1. The molecule has 2 N–H and O–H groups in total. The first kappa shape index (κ1) is 21.3. The van der Waals surface area contributed by atoms with Crippen LogP contribution in [0.25, 0.3) is 0 Å². The van der Waals surface area contributed by atoms with Crippen molar-refractivity contribution in [3.8, 4) is 0 Å². The summed E-state index contributed by atoms with van der Waals surface area (Å²) in [6, 6.07) is 8.72. The largest absolute Gasteiger partial charge is 0.325 e. The highest BCUT2D eigenvalue weighted by molar-refractivity contribution is 6.33. The number of hydrogen-bond donors (Lipinski definition) is 2. The topological polar surface area (TPSA) is 114 Å². The number of rotatable bonds is 6. The summed E-state index contributed by atoms with van der Waals surface area (Å²) < 4.78 is 0. The maximum Gasteiger partial charge on any atom is 0.287 e. The molecule has 28 heavy (non-hydrogen) atoms. The summed E-state index contributed by atoms with van der Waals surface area (Å²) in [5.74, 6) is -0.929. The van der Waals surface area contributed by atoms with E-state index < -0.39 is 10.8 Å². The van der Waals surface area contributed by atoms with Gasteiger partial charge in [-0.25, -0.2) is 5.43 Å². The maximum absolute atomic E-state index is 12.1. The molecule has 2 aromatic rings. The van der Waals surface area contributed by atoms with E-state index in [1.54, 1.807) is 25.1 Å². The van der Waals surface area contributed by atoms with Gasteiger partial charge in [0.2, 0.25) is 5.91 Å². The summed E-state index contributed by atoms with van der Waals surface area (Å²) in [6.45, 7) is 3.41. The van der Waals surface area contributed by atoms with Gasteiger partial charge in [0.15, 0.2) is 0 Å². The molecule has 0 saturated heterocycles. The zero-order valence-electron chi connectivity index (χ0n) is 15.0. The first-order chi connectivity index (χ1) is 13.2. The molecular formula is C18H16Cl2N4O4. The van der Waals surface area contributed by atoms with Crippen molar-refractivity contribution in [2.45, 2.75) is 20.3 Å². The zero-order chi connectivity index (χ0) is 20.8. The van der Waals surface area contributed by atoms with E-state index in [-0.39, 0.29) is 28.6 Å². The van der Waals surface area contributed by atoms with Crippen LogP contribution in [0.15, 0.2) is 41.5 Å². The van der Waals surface area contributed by atoms with Crippen LogP contribution in [0.2, 0.25) is 10.0 Å². The van der Waals surface area contributed by atoms with Crippen LogP contribution in [-0.4, -0.2) is 22.4 Å². The summed E-state index contributed by atoms with van der Waals surface area (Å²) >= 11 is 11.7. The van der Waals surface area contributed by atoms with Gasteiger partial charge in [0.1, 0.15) is 5.02 Å². The number of hydrazone groups is 1. The first-order valence-electron chi connectivity index (χ1n) is 8.01. The van der Waals surface area contributed by atoms with Gasteiger partial charge in [-0.1, -0.05) is 29.3 Å². The van der Waals surface area contributed by atoms with Gasteiger partial charge >= 0.3 is 0 Å². The van der Waals surface area contributed by atoms with Gasteiger partial charge in [-0.05, 0) is 43.7 Å². The Bertz CT molecular complexity index is 976. The maximum atomic E-state index is 12.1. The molecule has 0 heterocycles. The lowest BCUT2D eigenvalue weighted by Crippen LogP contribution is -2.21. The second-order valence-corrected chi connectivity index (χ2v) is 6.74. The number of benzene rings is 2. The molecule has 0 fully saturated rings. The molecule has 0 aliphatic carbocycles. The second-order valence-electron chi connectivity index (χ2n) is 5.90. The Hall–Kier alpha value is -2.97. The summed E-state index contributed by atoms with van der Waals surface area (Å²) in [7, 11) is 0. The zero-order valence-corrected chi connectivity index (χ0v) is 16.5. The van der Waals surface area contributed by atoms with Gasteiger partial charge in [0.05, 0.1) is 11.3 Å². The third-order valence-electron chi connectivity index (χ3n) is 3.64. The molecule has 2 aromatic carbocycles. The van der Waals surface area contributed by atoms with Gasteiger partial charge in [-0.3, -0.25) is 19.7 Å². The van der Waals surface area contributed by atoms with Crippen LogP contribution in [0.4, 0.5) is 11.4 Å². The van der Waals surface area contributed by atoms with E-state index in [4.69, 9.17) is 23.2 Å². The Morgan fingerprint density at radius 2 is 1.89 bits per heavy atom. The molecule has 146 valence electrons. The monoisotopic (exact) mass is 422 g/mol. The fourth-order valence-electron chi connectivity index (χ4n) is 2.20. The van der Waals surface area contributed by atoms with Crippen molar-refractivity contribution in [1.29, 1.82) is 0 Å². The fourth-order valence-corrected chi connectivity index (χ4v) is 2.62. The van der Waals surface area contributed by atoms with Gasteiger partial charge in [-0.2, -0.15) is 5.10 Å². The summed E-state index contributed by atoms with van der Waals surface area (Å²) in [5.41, 5.74) is 3.90. The normalized spacial score (nSPS) is 11.1. The van der Waals surface area contributed by atoms with Crippen LogP contribution in [0.3, 0.4) is 0 Å². The summed E-state index contributed by atoms with van der Waals surface area (Å²) in [6.07, 6.45) is -0.0484. The van der Waals surface area contributed by atoms with Gasteiger partial charge in [0.25, 0.3) is 11.6 Å². The van der Waals surface area contributed by atoms with Crippen LogP contribution in [-0.2, 0) is 4.79 Å². The molecule has 10 heteroatoms. The van der Waals surface area contributed by atoms with E-state index in [1.165, 1.54) is 12.1 Å². The van der Waals surface area contributed by atoms with Crippen molar-refractivity contribution in [3.63, 3.8) is 0 Å². The summed E-state index contributed by atoms with van der Waals surface area (Å²) in [4.78, 5) is 34.3.